The minimum absolute atomic E-state index is 0.138. The van der Waals surface area contributed by atoms with Gasteiger partial charge in [0.05, 0.1) is 17.8 Å². The largest absolute Gasteiger partial charge is 0.457 e. The number of fused-ring (bicyclic) bond motifs is 3. The average molecular weight is 411 g/mol. The van der Waals surface area contributed by atoms with Crippen molar-refractivity contribution < 1.29 is 34.4 Å². The Morgan fingerprint density at radius 3 is 2.34 bits per heavy atom. The van der Waals surface area contributed by atoms with Crippen LogP contribution in [0.2, 0.25) is 0 Å². The van der Waals surface area contributed by atoms with E-state index in [1.54, 1.807) is 13.8 Å². The Balaban J connectivity index is 2.33. The minimum Gasteiger partial charge on any atom is -0.457 e. The molecule has 0 amide bonds. The van der Waals surface area contributed by atoms with Gasteiger partial charge in [-0.25, -0.2) is 0 Å². The minimum atomic E-state index is -2.18. The molecule has 7 heteroatoms. The molecule has 8 atom stereocenters. The first-order valence-corrected chi connectivity index (χ1v) is 10.2. The summed E-state index contributed by atoms with van der Waals surface area (Å²) in [6.45, 7) is 13.6. The smallest absolute Gasteiger partial charge is 0.303 e. The third-order valence-corrected chi connectivity index (χ3v) is 8.02. The van der Waals surface area contributed by atoms with Gasteiger partial charge in [0.15, 0.2) is 17.5 Å². The summed E-state index contributed by atoms with van der Waals surface area (Å²) in [5, 5.41) is 34.7. The second-order valence-electron chi connectivity index (χ2n) is 10.4. The maximum Gasteiger partial charge on any atom is 0.303 e. The Kier molecular flexibility index (Phi) is 4.91. The third-order valence-electron chi connectivity index (χ3n) is 8.02. The van der Waals surface area contributed by atoms with Crippen molar-refractivity contribution in [2.45, 2.75) is 95.9 Å². The van der Waals surface area contributed by atoms with Crippen LogP contribution in [0.15, 0.2) is 12.7 Å². The van der Waals surface area contributed by atoms with Gasteiger partial charge < -0.3 is 24.8 Å². The molecule has 0 aromatic rings. The van der Waals surface area contributed by atoms with Crippen LogP contribution in [-0.2, 0) is 19.1 Å². The van der Waals surface area contributed by atoms with Gasteiger partial charge in [-0.05, 0) is 32.1 Å². The molecule has 0 bridgehead atoms. The highest BCUT2D eigenvalue weighted by Crippen LogP contribution is 2.66. The van der Waals surface area contributed by atoms with Gasteiger partial charge in [-0.1, -0.05) is 26.8 Å². The van der Waals surface area contributed by atoms with Gasteiger partial charge in [0, 0.05) is 24.7 Å². The van der Waals surface area contributed by atoms with Crippen molar-refractivity contribution in [1.82, 2.24) is 0 Å². The summed E-state index contributed by atoms with van der Waals surface area (Å²) in [6, 6.07) is 0. The van der Waals surface area contributed by atoms with Crippen LogP contribution >= 0.6 is 0 Å². The highest BCUT2D eigenvalue weighted by Gasteiger charge is 2.81. The van der Waals surface area contributed by atoms with Crippen molar-refractivity contribution in [1.29, 1.82) is 0 Å². The fraction of sp³-hybridized carbons (Fsp3) is 0.818. The predicted molar refractivity (Wildman–Crippen MR) is 105 cm³/mol. The van der Waals surface area contributed by atoms with E-state index in [9.17, 15) is 24.9 Å². The zero-order valence-corrected chi connectivity index (χ0v) is 18.2. The van der Waals surface area contributed by atoms with Crippen molar-refractivity contribution in [2.24, 2.45) is 16.7 Å². The van der Waals surface area contributed by atoms with Crippen LogP contribution in [0.5, 0.6) is 0 Å². The molecule has 1 heterocycles. The van der Waals surface area contributed by atoms with Crippen molar-refractivity contribution in [3.05, 3.63) is 12.7 Å². The van der Waals surface area contributed by atoms with E-state index in [0.717, 1.165) is 0 Å². The molecule has 0 unspecified atom stereocenters. The van der Waals surface area contributed by atoms with Crippen molar-refractivity contribution in [3.63, 3.8) is 0 Å². The Hall–Kier alpha value is -1.28. The number of rotatable bonds is 2. The van der Waals surface area contributed by atoms with Gasteiger partial charge in [-0.2, -0.15) is 0 Å². The first-order chi connectivity index (χ1) is 13.1. The average Bonchev–Trinajstić information content (AvgIpc) is 2.59. The molecule has 3 rings (SSSR count). The van der Waals surface area contributed by atoms with Crippen LogP contribution < -0.4 is 0 Å². The lowest BCUT2D eigenvalue weighted by atomic mass is 9.40. The van der Waals surface area contributed by atoms with E-state index in [-0.39, 0.29) is 6.42 Å². The highest BCUT2D eigenvalue weighted by atomic mass is 16.6. The summed E-state index contributed by atoms with van der Waals surface area (Å²) in [5.74, 6) is -1.87. The number of Topliss-reactive ketones (excluding diaryl/α,β-unsaturated/α-hetero) is 1. The standard InChI is InChI=1S/C22H34O7/c1-8-19(5)11-14(25)22(27)20(6)13(24)9-10-18(3,4)16(20)15(26)17(28-12(2)23)21(22,7)29-19/h8,13,15-17,24,26-27H,1,9-11H2,2-7H3/t13-,15-,16-,17-,19-,20-,21-,22-/m0/s1. The van der Waals surface area contributed by atoms with E-state index in [0.29, 0.717) is 12.8 Å². The summed E-state index contributed by atoms with van der Waals surface area (Å²) in [6.07, 6.45) is -1.29. The molecule has 0 aromatic carbocycles. The van der Waals surface area contributed by atoms with E-state index < -0.39 is 63.6 Å². The summed E-state index contributed by atoms with van der Waals surface area (Å²) < 4.78 is 11.8. The Labute approximate surface area is 172 Å². The number of ketones is 1. The van der Waals surface area contributed by atoms with Crippen LogP contribution in [0.4, 0.5) is 0 Å². The molecule has 29 heavy (non-hydrogen) atoms. The molecule has 164 valence electrons. The van der Waals surface area contributed by atoms with Crippen LogP contribution in [0.1, 0.15) is 60.8 Å². The Bertz CT molecular complexity index is 747. The monoisotopic (exact) mass is 410 g/mol. The third kappa shape index (κ3) is 2.63. The second kappa shape index (κ2) is 6.36. The number of aliphatic hydroxyl groups excluding tert-OH is 2. The Morgan fingerprint density at radius 1 is 1.24 bits per heavy atom. The number of esters is 1. The van der Waals surface area contributed by atoms with E-state index in [2.05, 4.69) is 6.58 Å². The van der Waals surface area contributed by atoms with Gasteiger partial charge in [0.25, 0.3) is 0 Å². The molecule has 1 aliphatic heterocycles. The zero-order valence-electron chi connectivity index (χ0n) is 18.2. The molecule has 0 aromatic heterocycles. The summed E-state index contributed by atoms with van der Waals surface area (Å²) >= 11 is 0. The molecule has 7 nitrogen and oxygen atoms in total. The maximum atomic E-state index is 13.6. The van der Waals surface area contributed by atoms with Gasteiger partial charge >= 0.3 is 5.97 Å². The van der Waals surface area contributed by atoms with E-state index in [1.807, 2.05) is 13.8 Å². The molecule has 3 N–H and O–H groups in total. The number of hydrogen-bond acceptors (Lipinski definition) is 7. The number of ether oxygens (including phenoxy) is 2. The Morgan fingerprint density at radius 2 is 1.83 bits per heavy atom. The summed E-state index contributed by atoms with van der Waals surface area (Å²) in [5.41, 5.74) is -7.00. The van der Waals surface area contributed by atoms with Crippen molar-refractivity contribution in [3.8, 4) is 0 Å². The first kappa shape index (κ1) is 22.4. The fourth-order valence-corrected chi connectivity index (χ4v) is 6.66. The molecule has 2 saturated carbocycles. The summed E-state index contributed by atoms with van der Waals surface area (Å²) in [7, 11) is 0. The SMILES string of the molecule is C=C[C@@]1(C)CC(=O)[C@]2(O)[C@@]3(C)[C@@H](O)CCC(C)(C)[C@@H]3[C@H](O)[C@H](OC(C)=O)[C@]2(C)O1. The van der Waals surface area contributed by atoms with Crippen LogP contribution in [0, 0.1) is 16.7 Å². The highest BCUT2D eigenvalue weighted by molar-refractivity contribution is 5.92. The molecule has 0 spiro atoms. The lowest BCUT2D eigenvalue weighted by Crippen LogP contribution is -2.86. The summed E-state index contributed by atoms with van der Waals surface area (Å²) in [4.78, 5) is 25.5. The molecular formula is C22H34O7. The fourth-order valence-electron chi connectivity index (χ4n) is 6.66. The van der Waals surface area contributed by atoms with E-state index in [4.69, 9.17) is 9.47 Å². The van der Waals surface area contributed by atoms with Gasteiger partial charge in [-0.3, -0.25) is 9.59 Å². The molecule has 3 fully saturated rings. The molecule has 3 aliphatic rings. The zero-order chi connectivity index (χ0) is 22.2. The molecule has 0 radical (unpaired) electrons. The van der Waals surface area contributed by atoms with Gasteiger partial charge in [-0.15, -0.1) is 6.58 Å². The number of aliphatic hydroxyl groups is 3. The number of carbonyl (C=O) groups is 2. The van der Waals surface area contributed by atoms with Gasteiger partial charge in [0.1, 0.15) is 5.60 Å². The van der Waals surface area contributed by atoms with Gasteiger partial charge in [0.2, 0.25) is 0 Å². The van der Waals surface area contributed by atoms with Crippen LogP contribution in [0.25, 0.3) is 0 Å². The molecule has 1 saturated heterocycles. The van der Waals surface area contributed by atoms with Crippen molar-refractivity contribution in [2.75, 3.05) is 0 Å². The van der Waals surface area contributed by atoms with Crippen LogP contribution in [-0.4, -0.2) is 62.2 Å². The topological polar surface area (TPSA) is 113 Å². The predicted octanol–water partition coefficient (Wildman–Crippen LogP) is 1.52. The second-order valence-corrected chi connectivity index (χ2v) is 10.4. The quantitative estimate of drug-likeness (QED) is 0.467. The van der Waals surface area contributed by atoms with E-state index in [1.165, 1.54) is 19.9 Å². The van der Waals surface area contributed by atoms with Crippen molar-refractivity contribution >= 4 is 11.8 Å². The maximum absolute atomic E-state index is 13.6. The number of carbonyl (C=O) groups excluding carboxylic acids is 2. The first-order valence-electron chi connectivity index (χ1n) is 10.2. The lowest BCUT2D eigenvalue weighted by molar-refractivity contribution is -0.370. The van der Waals surface area contributed by atoms with Crippen LogP contribution in [0.3, 0.4) is 0 Å². The molecular weight excluding hydrogens is 376 g/mol. The normalized spacial score (nSPS) is 51.6. The molecule has 2 aliphatic carbocycles. The van der Waals surface area contributed by atoms with E-state index >= 15 is 0 Å². The number of hydrogen-bond donors (Lipinski definition) is 3. The lowest BCUT2D eigenvalue weighted by Gasteiger charge is -2.71.